The molecule has 3 aromatic rings. The maximum absolute atomic E-state index is 12.9. The minimum absolute atomic E-state index is 0.276. The fourth-order valence-corrected chi connectivity index (χ4v) is 2.52. The molecule has 152 valence electrons. The van der Waals surface area contributed by atoms with Crippen LogP contribution in [0.25, 0.3) is 0 Å². The Bertz CT molecular complexity index is 1050. The van der Waals surface area contributed by atoms with Crippen molar-refractivity contribution in [2.45, 2.75) is 6.92 Å². The third-order valence-electron chi connectivity index (χ3n) is 3.97. The monoisotopic (exact) mass is 406 g/mol. The lowest BCUT2D eigenvalue weighted by Crippen LogP contribution is -2.17. The summed E-state index contributed by atoms with van der Waals surface area (Å²) in [6, 6.07) is 18.7. The van der Waals surface area contributed by atoms with Crippen molar-refractivity contribution in [2.24, 2.45) is 5.10 Å². The first-order valence-corrected chi connectivity index (χ1v) is 9.20. The highest BCUT2D eigenvalue weighted by Gasteiger charge is 2.13. The van der Waals surface area contributed by atoms with Gasteiger partial charge >= 0.3 is 5.97 Å². The smallest absolute Gasteiger partial charge is 0.343 e. The molecule has 0 spiro atoms. The van der Waals surface area contributed by atoms with Gasteiger partial charge in [-0.25, -0.2) is 14.6 Å². The molecule has 0 radical (unpaired) electrons. The molecule has 0 aliphatic carbocycles. The number of hydrazone groups is 1. The summed E-state index contributed by atoms with van der Waals surface area (Å²) >= 11 is 0. The first kappa shape index (κ1) is 20.7. The summed E-state index contributed by atoms with van der Waals surface area (Å²) in [6.45, 7) is 2.18. The van der Waals surface area contributed by atoms with E-state index in [1.165, 1.54) is 30.5 Å². The molecule has 0 fully saturated rings. The van der Waals surface area contributed by atoms with Gasteiger partial charge in [-0.1, -0.05) is 18.2 Å². The molecule has 3 rings (SSSR count). The summed E-state index contributed by atoms with van der Waals surface area (Å²) in [5.41, 5.74) is 3.70. The van der Waals surface area contributed by atoms with Gasteiger partial charge < -0.3 is 9.47 Å². The Balaban J connectivity index is 1.69. The van der Waals surface area contributed by atoms with Crippen molar-refractivity contribution in [3.63, 3.8) is 0 Å². The van der Waals surface area contributed by atoms with E-state index in [-0.39, 0.29) is 11.3 Å². The van der Waals surface area contributed by atoms with E-state index < -0.39 is 17.7 Å². The van der Waals surface area contributed by atoms with E-state index in [1.807, 2.05) is 13.0 Å². The van der Waals surface area contributed by atoms with E-state index in [0.29, 0.717) is 23.5 Å². The second kappa shape index (κ2) is 9.97. The molecule has 1 N–H and O–H groups in total. The molecular formula is C23H19FN2O4. The predicted molar refractivity (Wildman–Crippen MR) is 110 cm³/mol. The molecule has 0 aromatic heterocycles. The van der Waals surface area contributed by atoms with Crippen molar-refractivity contribution in [1.82, 2.24) is 5.43 Å². The molecule has 0 unspecified atom stereocenters. The maximum atomic E-state index is 12.9. The number of carbonyl (C=O) groups excluding carboxylic acids is 2. The largest absolute Gasteiger partial charge is 0.490 e. The average molecular weight is 406 g/mol. The normalized spacial score (nSPS) is 10.6. The quantitative estimate of drug-likeness (QED) is 0.276. The molecule has 30 heavy (non-hydrogen) atoms. The van der Waals surface area contributed by atoms with Crippen LogP contribution in [0.3, 0.4) is 0 Å². The van der Waals surface area contributed by atoms with Crippen LogP contribution < -0.4 is 14.9 Å². The number of carbonyl (C=O) groups is 2. The highest BCUT2D eigenvalue weighted by molar-refractivity contribution is 5.95. The number of hydrogen-bond acceptors (Lipinski definition) is 5. The lowest BCUT2D eigenvalue weighted by molar-refractivity contribution is 0.0728. The van der Waals surface area contributed by atoms with Crippen molar-refractivity contribution >= 4 is 18.1 Å². The van der Waals surface area contributed by atoms with Crippen LogP contribution in [0.2, 0.25) is 0 Å². The van der Waals surface area contributed by atoms with E-state index in [1.54, 1.807) is 42.5 Å². The Morgan fingerprint density at radius 3 is 2.40 bits per heavy atom. The minimum atomic E-state index is -0.496. The standard InChI is InChI=1S/C23H19FN2O4/c1-2-29-21-14-16(15-25-26-22(27)17-9-11-19(24)12-10-17)8-13-20(21)30-23(28)18-6-4-3-5-7-18/h3-15H,2H2,1H3,(H,26,27)/b25-15-. The van der Waals surface area contributed by atoms with Gasteiger partial charge in [0.25, 0.3) is 5.91 Å². The lowest BCUT2D eigenvalue weighted by atomic mass is 10.2. The third-order valence-corrected chi connectivity index (χ3v) is 3.97. The number of rotatable bonds is 7. The first-order chi connectivity index (χ1) is 14.6. The minimum Gasteiger partial charge on any atom is -0.490 e. The zero-order chi connectivity index (χ0) is 21.3. The fraction of sp³-hybridized carbons (Fsp3) is 0.0870. The number of esters is 1. The van der Waals surface area contributed by atoms with Gasteiger partial charge in [-0.15, -0.1) is 0 Å². The van der Waals surface area contributed by atoms with Gasteiger partial charge in [0.05, 0.1) is 18.4 Å². The maximum Gasteiger partial charge on any atom is 0.343 e. The average Bonchev–Trinajstić information content (AvgIpc) is 2.76. The zero-order valence-corrected chi connectivity index (χ0v) is 16.2. The van der Waals surface area contributed by atoms with Gasteiger partial charge in [-0.05, 0) is 67.1 Å². The van der Waals surface area contributed by atoms with Gasteiger partial charge in [0, 0.05) is 5.56 Å². The Labute approximate surface area is 173 Å². The van der Waals surface area contributed by atoms with E-state index in [9.17, 15) is 14.0 Å². The molecule has 0 heterocycles. The molecule has 1 amide bonds. The second-order valence-corrected chi connectivity index (χ2v) is 6.10. The van der Waals surface area contributed by atoms with Crippen LogP contribution in [0.4, 0.5) is 4.39 Å². The van der Waals surface area contributed by atoms with E-state index in [2.05, 4.69) is 10.5 Å². The summed E-state index contributed by atoms with van der Waals surface area (Å²) in [5, 5.41) is 3.90. The molecule has 0 aliphatic heterocycles. The number of amides is 1. The molecule has 0 aliphatic rings. The van der Waals surface area contributed by atoms with Gasteiger partial charge in [-0.3, -0.25) is 4.79 Å². The zero-order valence-electron chi connectivity index (χ0n) is 16.2. The second-order valence-electron chi connectivity index (χ2n) is 6.10. The van der Waals surface area contributed by atoms with Gasteiger partial charge in [-0.2, -0.15) is 5.10 Å². The molecule has 0 saturated carbocycles. The Kier molecular flexibility index (Phi) is 6.89. The number of nitrogens with one attached hydrogen (secondary N) is 1. The summed E-state index contributed by atoms with van der Waals surface area (Å²) in [7, 11) is 0. The number of hydrogen-bond donors (Lipinski definition) is 1. The Hall–Kier alpha value is -4.00. The van der Waals surface area contributed by atoms with Crippen molar-refractivity contribution in [3.8, 4) is 11.5 Å². The van der Waals surface area contributed by atoms with Crippen LogP contribution in [0.5, 0.6) is 11.5 Å². The Morgan fingerprint density at radius 1 is 0.967 bits per heavy atom. The van der Waals surface area contributed by atoms with Crippen LogP contribution in [0.1, 0.15) is 33.2 Å². The van der Waals surface area contributed by atoms with Crippen LogP contribution in [0, 0.1) is 5.82 Å². The van der Waals surface area contributed by atoms with Crippen molar-refractivity contribution in [1.29, 1.82) is 0 Å². The molecule has 3 aromatic carbocycles. The SMILES string of the molecule is CCOc1cc(/C=N\NC(=O)c2ccc(F)cc2)ccc1OC(=O)c1ccccc1. The van der Waals surface area contributed by atoms with E-state index >= 15 is 0 Å². The highest BCUT2D eigenvalue weighted by atomic mass is 19.1. The molecule has 6 nitrogen and oxygen atoms in total. The van der Waals surface area contributed by atoms with Crippen LogP contribution in [-0.2, 0) is 0 Å². The molecule has 7 heteroatoms. The topological polar surface area (TPSA) is 77.0 Å². The highest BCUT2D eigenvalue weighted by Crippen LogP contribution is 2.29. The number of ether oxygens (including phenoxy) is 2. The summed E-state index contributed by atoms with van der Waals surface area (Å²) in [4.78, 5) is 24.3. The number of halogens is 1. The Morgan fingerprint density at radius 2 is 1.70 bits per heavy atom. The van der Waals surface area contributed by atoms with Gasteiger partial charge in [0.15, 0.2) is 11.5 Å². The van der Waals surface area contributed by atoms with E-state index in [0.717, 1.165) is 0 Å². The first-order valence-electron chi connectivity index (χ1n) is 9.20. The van der Waals surface area contributed by atoms with Crippen molar-refractivity contribution < 1.29 is 23.5 Å². The number of benzene rings is 3. The van der Waals surface area contributed by atoms with Crippen LogP contribution in [0.15, 0.2) is 77.9 Å². The van der Waals surface area contributed by atoms with Crippen molar-refractivity contribution in [3.05, 3.63) is 95.3 Å². The lowest BCUT2D eigenvalue weighted by Gasteiger charge is -2.11. The van der Waals surface area contributed by atoms with Crippen LogP contribution >= 0.6 is 0 Å². The molecule has 0 atom stereocenters. The van der Waals surface area contributed by atoms with E-state index in [4.69, 9.17) is 9.47 Å². The number of nitrogens with zero attached hydrogens (tertiary/aromatic N) is 1. The van der Waals surface area contributed by atoms with Gasteiger partial charge in [0.1, 0.15) is 5.82 Å². The molecular weight excluding hydrogens is 387 g/mol. The molecule has 0 saturated heterocycles. The fourth-order valence-electron chi connectivity index (χ4n) is 2.52. The molecule has 0 bridgehead atoms. The predicted octanol–water partition coefficient (Wildman–Crippen LogP) is 4.21. The summed E-state index contributed by atoms with van der Waals surface area (Å²) < 4.78 is 23.9. The van der Waals surface area contributed by atoms with Gasteiger partial charge in [0.2, 0.25) is 0 Å². The van der Waals surface area contributed by atoms with Crippen LogP contribution in [-0.4, -0.2) is 24.7 Å². The summed E-state index contributed by atoms with van der Waals surface area (Å²) in [5.74, 6) is -0.741. The summed E-state index contributed by atoms with van der Waals surface area (Å²) in [6.07, 6.45) is 1.42. The van der Waals surface area contributed by atoms with Crippen molar-refractivity contribution in [2.75, 3.05) is 6.61 Å². The third kappa shape index (κ3) is 5.51.